The van der Waals surface area contributed by atoms with Gasteiger partial charge < -0.3 is 44.8 Å². The van der Waals surface area contributed by atoms with Gasteiger partial charge >= 0.3 is 12.2 Å². The first-order valence-electron chi connectivity index (χ1n) is 20.6. The summed E-state index contributed by atoms with van der Waals surface area (Å²) in [5.41, 5.74) is 4.58. The molecule has 5 aromatic rings. The number of nitrogens with zero attached hydrogens (tertiary/aromatic N) is 5. The van der Waals surface area contributed by atoms with E-state index in [1.807, 2.05) is 60.7 Å². The Morgan fingerprint density at radius 2 is 1.23 bits per heavy atom. The van der Waals surface area contributed by atoms with E-state index in [9.17, 15) is 24.0 Å². The van der Waals surface area contributed by atoms with Crippen LogP contribution in [0.4, 0.5) is 15.3 Å². The van der Waals surface area contributed by atoms with Gasteiger partial charge in [-0.2, -0.15) is 0 Å². The molecule has 5 atom stereocenters. The van der Waals surface area contributed by atoms with Crippen LogP contribution in [0.5, 0.6) is 0 Å². The zero-order chi connectivity index (χ0) is 42.5. The number of likely N-dealkylation sites (tertiary alicyclic amines) is 2. The zero-order valence-electron chi connectivity index (χ0n) is 34.1. The Morgan fingerprint density at radius 1 is 0.672 bits per heavy atom. The molecule has 0 saturated carbocycles. The summed E-state index contributed by atoms with van der Waals surface area (Å²) in [5.74, 6) is 0.798. The Kier molecular flexibility index (Phi) is 12.1. The standard InChI is InChI=1S/C45H49N9O7/c1-60-44(58)50-38(29-11-5-3-6-12-29)42(56)53-22-9-15-35(53)34-27-46-40(49-34)31-21-24-52(37(55)25-31)32-19-17-28(18-20-32)33-26-47-41(48-33)36-16-10-23-54(36)43(57)39(51-45(59)61-2)30-13-7-4-8-14-30/h3-8,11-14,17-20,26-27,31,35-36,38-39H,9-10,15-16,21-25H2,1-2H3,(H,46,49)(H,47,48)(H,50,58)(H,51,59). The van der Waals surface area contributed by atoms with Crippen LogP contribution < -0.4 is 15.5 Å². The van der Waals surface area contributed by atoms with E-state index in [0.29, 0.717) is 43.0 Å². The van der Waals surface area contributed by atoms with E-state index in [2.05, 4.69) is 25.6 Å². The van der Waals surface area contributed by atoms with E-state index in [1.54, 1.807) is 51.4 Å². The van der Waals surface area contributed by atoms with Crippen molar-refractivity contribution in [3.05, 3.63) is 126 Å². The molecule has 3 aliphatic rings. The Bertz CT molecular complexity index is 2350. The molecule has 3 aromatic carbocycles. The van der Waals surface area contributed by atoms with E-state index in [-0.39, 0.29) is 42.1 Å². The van der Waals surface area contributed by atoms with Crippen LogP contribution in [0.2, 0.25) is 0 Å². The summed E-state index contributed by atoms with van der Waals surface area (Å²) in [6.07, 6.45) is 6.18. The van der Waals surface area contributed by atoms with Gasteiger partial charge in [0.15, 0.2) is 0 Å². The molecule has 16 heteroatoms. The van der Waals surface area contributed by atoms with E-state index in [0.717, 1.165) is 54.1 Å². The van der Waals surface area contributed by atoms with Crippen molar-refractivity contribution >= 4 is 35.6 Å². The number of aromatic nitrogens is 4. The van der Waals surface area contributed by atoms with Crippen LogP contribution in [0, 0.1) is 0 Å². The molecular formula is C45H49N9O7. The fourth-order valence-electron chi connectivity index (χ4n) is 8.76. The van der Waals surface area contributed by atoms with Crippen molar-refractivity contribution in [3.63, 3.8) is 0 Å². The molecule has 16 nitrogen and oxygen atoms in total. The summed E-state index contributed by atoms with van der Waals surface area (Å²) in [6, 6.07) is 23.6. The van der Waals surface area contributed by atoms with Crippen LogP contribution in [0.15, 0.2) is 97.3 Å². The number of ether oxygens (including phenoxy) is 2. The first-order chi connectivity index (χ1) is 29.7. The van der Waals surface area contributed by atoms with Crippen LogP contribution in [-0.2, 0) is 23.9 Å². The number of anilines is 1. The Balaban J connectivity index is 0.897. The number of amides is 5. The van der Waals surface area contributed by atoms with Crippen LogP contribution in [0.1, 0.15) is 97.1 Å². The largest absolute Gasteiger partial charge is 0.453 e. The van der Waals surface area contributed by atoms with Crippen LogP contribution in [0.3, 0.4) is 0 Å². The van der Waals surface area contributed by atoms with Crippen LogP contribution >= 0.6 is 0 Å². The predicted octanol–water partition coefficient (Wildman–Crippen LogP) is 6.23. The van der Waals surface area contributed by atoms with E-state index < -0.39 is 24.3 Å². The lowest BCUT2D eigenvalue weighted by Gasteiger charge is -2.31. The summed E-state index contributed by atoms with van der Waals surface area (Å²) in [6.45, 7) is 1.58. The number of alkyl carbamates (subject to hydrolysis) is 2. The average Bonchev–Trinajstić information content (AvgIpc) is 4.15. The number of rotatable bonds is 11. The van der Waals surface area contributed by atoms with Crippen molar-refractivity contribution in [1.82, 2.24) is 40.4 Å². The molecule has 0 bridgehead atoms. The number of nitrogens with one attached hydrogen (secondary N) is 4. The molecule has 0 radical (unpaired) electrons. The molecule has 0 spiro atoms. The first-order valence-corrected chi connectivity index (χ1v) is 20.6. The van der Waals surface area contributed by atoms with Crippen molar-refractivity contribution in [2.24, 2.45) is 0 Å². The number of carbonyl (C=O) groups is 5. The lowest BCUT2D eigenvalue weighted by Crippen LogP contribution is -2.42. The van der Waals surface area contributed by atoms with E-state index >= 15 is 0 Å². The van der Waals surface area contributed by atoms with Crippen LogP contribution in [0.25, 0.3) is 11.3 Å². The molecule has 5 amide bonds. The molecule has 3 fully saturated rings. The molecule has 8 rings (SSSR count). The van der Waals surface area contributed by atoms with Crippen molar-refractivity contribution in [3.8, 4) is 11.3 Å². The number of hydrogen-bond acceptors (Lipinski definition) is 9. The Hall–Kier alpha value is -6.97. The highest BCUT2D eigenvalue weighted by molar-refractivity contribution is 5.95. The monoisotopic (exact) mass is 827 g/mol. The quantitative estimate of drug-likeness (QED) is 0.119. The van der Waals surface area contributed by atoms with E-state index in [1.165, 1.54) is 14.2 Å². The summed E-state index contributed by atoms with van der Waals surface area (Å²) in [5, 5.41) is 5.40. The summed E-state index contributed by atoms with van der Waals surface area (Å²) in [7, 11) is 2.54. The number of H-pyrrole nitrogens is 2. The SMILES string of the molecule is COC(=O)NC(C(=O)N1CCCC1c1cnc(C2CCN(c3ccc(-c4cnc(C5CCCN5C(=O)C(NC(=O)OC)c5ccccc5)[nH]4)cc3)C(=O)C2)[nH]1)c1ccccc1. The van der Waals surface area contributed by atoms with Crippen molar-refractivity contribution in [2.45, 2.75) is 68.6 Å². The lowest BCUT2D eigenvalue weighted by atomic mass is 9.95. The second kappa shape index (κ2) is 18.1. The minimum absolute atomic E-state index is 0.00970. The van der Waals surface area contributed by atoms with Gasteiger partial charge in [0.2, 0.25) is 11.8 Å². The molecule has 61 heavy (non-hydrogen) atoms. The van der Waals surface area contributed by atoms with Gasteiger partial charge in [-0.25, -0.2) is 19.6 Å². The topological polar surface area (TPSA) is 195 Å². The fraction of sp³-hybridized carbons (Fsp3) is 0.356. The highest BCUT2D eigenvalue weighted by Gasteiger charge is 2.39. The molecule has 0 aliphatic carbocycles. The van der Waals surface area contributed by atoms with Gasteiger partial charge in [-0.15, -0.1) is 0 Å². The maximum atomic E-state index is 13.9. The van der Waals surface area contributed by atoms with Crippen molar-refractivity contribution in [2.75, 3.05) is 38.8 Å². The number of methoxy groups -OCH3 is 2. The van der Waals surface area contributed by atoms with Gasteiger partial charge in [0, 0.05) is 37.7 Å². The van der Waals surface area contributed by atoms with Gasteiger partial charge in [0.25, 0.3) is 5.91 Å². The predicted molar refractivity (Wildman–Crippen MR) is 224 cm³/mol. The maximum absolute atomic E-state index is 13.9. The second-order valence-electron chi connectivity index (χ2n) is 15.5. The van der Waals surface area contributed by atoms with Gasteiger partial charge in [-0.1, -0.05) is 72.8 Å². The minimum atomic E-state index is -0.904. The molecule has 3 aliphatic heterocycles. The third kappa shape index (κ3) is 8.69. The van der Waals surface area contributed by atoms with Gasteiger partial charge in [0.1, 0.15) is 23.7 Å². The molecule has 5 heterocycles. The van der Waals surface area contributed by atoms with Crippen LogP contribution in [-0.4, -0.2) is 93.5 Å². The van der Waals surface area contributed by atoms with Gasteiger partial charge in [0.05, 0.1) is 50.1 Å². The average molecular weight is 828 g/mol. The normalized spacial score (nSPS) is 19.9. The maximum Gasteiger partial charge on any atom is 0.407 e. The van der Waals surface area contributed by atoms with Crippen molar-refractivity contribution < 1.29 is 33.4 Å². The summed E-state index contributed by atoms with van der Waals surface area (Å²) < 4.78 is 9.64. The van der Waals surface area contributed by atoms with E-state index in [4.69, 9.17) is 14.5 Å². The number of carbonyl (C=O) groups excluding carboxylic acids is 5. The Morgan fingerprint density at radius 3 is 1.80 bits per heavy atom. The molecule has 2 aromatic heterocycles. The molecule has 3 saturated heterocycles. The lowest BCUT2D eigenvalue weighted by molar-refractivity contribution is -0.135. The number of hydrogen-bond donors (Lipinski definition) is 4. The number of benzene rings is 3. The third-order valence-electron chi connectivity index (χ3n) is 11.9. The first kappa shape index (κ1) is 40.8. The Labute approximate surface area is 353 Å². The molecule has 5 unspecified atom stereocenters. The third-order valence-corrected chi connectivity index (χ3v) is 11.9. The van der Waals surface area contributed by atoms with Gasteiger partial charge in [-0.3, -0.25) is 14.4 Å². The highest BCUT2D eigenvalue weighted by Crippen LogP contribution is 2.37. The van der Waals surface area contributed by atoms with Gasteiger partial charge in [-0.05, 0) is 60.9 Å². The number of aromatic amines is 2. The fourth-order valence-corrected chi connectivity index (χ4v) is 8.76. The minimum Gasteiger partial charge on any atom is -0.453 e. The molecule has 316 valence electrons. The molecule has 4 N–H and O–H groups in total. The smallest absolute Gasteiger partial charge is 0.407 e. The zero-order valence-corrected chi connectivity index (χ0v) is 34.1. The van der Waals surface area contributed by atoms with Crippen molar-refractivity contribution in [1.29, 1.82) is 0 Å². The second-order valence-corrected chi connectivity index (χ2v) is 15.5. The summed E-state index contributed by atoms with van der Waals surface area (Å²) in [4.78, 5) is 87.5. The highest BCUT2D eigenvalue weighted by atomic mass is 16.5. The summed E-state index contributed by atoms with van der Waals surface area (Å²) >= 11 is 0. The number of imidazole rings is 2. The molecular weight excluding hydrogens is 779 g/mol. The number of piperidine rings is 1.